The fourth-order valence-electron chi connectivity index (χ4n) is 4.11. The van der Waals surface area contributed by atoms with Crippen LogP contribution in [0.15, 0.2) is 64.9 Å². The maximum absolute atomic E-state index is 12.9. The van der Waals surface area contributed by atoms with Crippen molar-refractivity contribution in [3.8, 4) is 0 Å². The standard InChI is InChI=1S/C25H25ClF3N3O3S2/c26-20-9-5-18(6-10-20)24(33)30-15-22-11-12-23(36-22)37(34,35)31-14-21-2-1-13-32(21)16-17-3-7-19(8-4-17)25(27,28)29/h3-12,21,31H,1-2,13-16H2,(H,30,33). The number of nitrogens with zero attached hydrogens (tertiary/aromatic N) is 1. The number of nitrogens with one attached hydrogen (secondary N) is 2. The number of carbonyl (C=O) groups excluding carboxylic acids is 1. The second-order valence-corrected chi connectivity index (χ2v) is 12.3. The van der Waals surface area contributed by atoms with Crippen LogP contribution < -0.4 is 10.0 Å². The van der Waals surface area contributed by atoms with E-state index in [0.29, 0.717) is 22.0 Å². The van der Waals surface area contributed by atoms with Gasteiger partial charge in [-0.25, -0.2) is 13.1 Å². The van der Waals surface area contributed by atoms with Gasteiger partial charge in [0.2, 0.25) is 10.0 Å². The summed E-state index contributed by atoms with van der Waals surface area (Å²) in [6.07, 6.45) is -2.71. The number of likely N-dealkylation sites (tertiary alicyclic amines) is 1. The second-order valence-electron chi connectivity index (χ2n) is 8.72. The molecular weight excluding hydrogens is 547 g/mol. The molecule has 1 amide bonds. The van der Waals surface area contributed by atoms with Gasteiger partial charge in [0.1, 0.15) is 4.21 Å². The minimum absolute atomic E-state index is 0.0600. The molecular formula is C25H25ClF3N3O3S2. The van der Waals surface area contributed by atoms with Crippen LogP contribution >= 0.6 is 22.9 Å². The molecule has 12 heteroatoms. The SMILES string of the molecule is O=C(NCc1ccc(S(=O)(=O)NCC2CCCN2Cc2ccc(C(F)(F)F)cc2)s1)c1ccc(Cl)cc1. The number of halogens is 4. The zero-order valence-electron chi connectivity index (χ0n) is 19.6. The fraction of sp³-hybridized carbons (Fsp3) is 0.320. The van der Waals surface area contributed by atoms with E-state index in [1.807, 2.05) is 0 Å². The van der Waals surface area contributed by atoms with Crippen LogP contribution in [0.3, 0.4) is 0 Å². The van der Waals surface area contributed by atoms with Gasteiger partial charge in [-0.2, -0.15) is 13.2 Å². The average molecular weight is 572 g/mol. The van der Waals surface area contributed by atoms with E-state index in [9.17, 15) is 26.4 Å². The molecule has 4 rings (SSSR count). The van der Waals surface area contributed by atoms with E-state index in [4.69, 9.17) is 11.6 Å². The number of hydrogen-bond acceptors (Lipinski definition) is 5. The summed E-state index contributed by atoms with van der Waals surface area (Å²) in [5, 5.41) is 3.29. The zero-order chi connectivity index (χ0) is 26.6. The summed E-state index contributed by atoms with van der Waals surface area (Å²) in [6.45, 7) is 1.57. The monoisotopic (exact) mass is 571 g/mol. The van der Waals surface area contributed by atoms with Gasteiger partial charge in [0.15, 0.2) is 0 Å². The molecule has 0 radical (unpaired) electrons. The van der Waals surface area contributed by atoms with Crippen LogP contribution in [0.5, 0.6) is 0 Å². The van der Waals surface area contributed by atoms with Crippen molar-refractivity contribution in [2.45, 2.75) is 42.4 Å². The first-order valence-corrected chi connectivity index (χ1v) is 14.2. The topological polar surface area (TPSA) is 78.5 Å². The summed E-state index contributed by atoms with van der Waals surface area (Å²) in [6, 6.07) is 14.6. The summed E-state index contributed by atoms with van der Waals surface area (Å²) in [4.78, 5) is 15.0. The molecule has 0 bridgehead atoms. The molecule has 1 unspecified atom stereocenters. The molecule has 0 saturated carbocycles. The maximum atomic E-state index is 12.9. The van der Waals surface area contributed by atoms with Gasteiger partial charge in [0, 0.05) is 34.6 Å². The number of hydrogen-bond donors (Lipinski definition) is 2. The number of amides is 1. The van der Waals surface area contributed by atoms with Gasteiger partial charge in [0.05, 0.1) is 12.1 Å². The molecule has 1 atom stereocenters. The van der Waals surface area contributed by atoms with E-state index in [0.717, 1.165) is 48.4 Å². The van der Waals surface area contributed by atoms with Crippen molar-refractivity contribution in [3.63, 3.8) is 0 Å². The Morgan fingerprint density at radius 3 is 2.43 bits per heavy atom. The summed E-state index contributed by atoms with van der Waals surface area (Å²) >= 11 is 6.91. The van der Waals surface area contributed by atoms with Gasteiger partial charge in [-0.3, -0.25) is 9.69 Å². The molecule has 2 heterocycles. The van der Waals surface area contributed by atoms with E-state index in [1.54, 1.807) is 30.3 Å². The van der Waals surface area contributed by atoms with Crippen LogP contribution in [0.4, 0.5) is 13.2 Å². The third-order valence-electron chi connectivity index (χ3n) is 6.11. The predicted molar refractivity (Wildman–Crippen MR) is 137 cm³/mol. The minimum atomic E-state index is -4.38. The van der Waals surface area contributed by atoms with E-state index in [1.165, 1.54) is 18.2 Å². The Hall–Kier alpha value is -2.44. The molecule has 2 aromatic carbocycles. The normalized spacial score (nSPS) is 16.7. The van der Waals surface area contributed by atoms with Crippen molar-refractivity contribution >= 4 is 38.9 Å². The van der Waals surface area contributed by atoms with Crippen molar-refractivity contribution < 1.29 is 26.4 Å². The maximum Gasteiger partial charge on any atom is 0.416 e. The molecule has 6 nitrogen and oxygen atoms in total. The molecule has 0 spiro atoms. The molecule has 1 fully saturated rings. The van der Waals surface area contributed by atoms with E-state index in [2.05, 4.69) is 14.9 Å². The first-order valence-electron chi connectivity index (χ1n) is 11.5. The Morgan fingerprint density at radius 1 is 1.05 bits per heavy atom. The highest BCUT2D eigenvalue weighted by atomic mass is 35.5. The molecule has 0 aliphatic carbocycles. The van der Waals surface area contributed by atoms with Crippen molar-refractivity contribution in [2.24, 2.45) is 0 Å². The fourth-order valence-corrected chi connectivity index (χ4v) is 6.65. The van der Waals surface area contributed by atoms with Crippen LogP contribution in [0.25, 0.3) is 0 Å². The average Bonchev–Trinajstić information content (AvgIpc) is 3.52. The molecule has 1 aromatic heterocycles. The summed E-state index contributed by atoms with van der Waals surface area (Å²) < 4.78 is 67.0. The van der Waals surface area contributed by atoms with Crippen LogP contribution in [-0.2, 0) is 29.3 Å². The lowest BCUT2D eigenvalue weighted by Crippen LogP contribution is -2.39. The highest BCUT2D eigenvalue weighted by Gasteiger charge is 2.31. The van der Waals surface area contributed by atoms with Crippen molar-refractivity contribution in [1.29, 1.82) is 0 Å². The minimum Gasteiger partial charge on any atom is -0.347 e. The van der Waals surface area contributed by atoms with Crippen molar-refractivity contribution in [3.05, 3.63) is 87.3 Å². The lowest BCUT2D eigenvalue weighted by atomic mass is 10.1. The Balaban J connectivity index is 1.30. The highest BCUT2D eigenvalue weighted by molar-refractivity contribution is 7.91. The summed E-state index contributed by atoms with van der Waals surface area (Å²) in [5.41, 5.74) is 0.501. The Labute approximate surface area is 222 Å². The van der Waals surface area contributed by atoms with Crippen molar-refractivity contribution in [1.82, 2.24) is 14.9 Å². The number of sulfonamides is 1. The molecule has 37 heavy (non-hydrogen) atoms. The van der Waals surface area contributed by atoms with Gasteiger partial charge in [-0.1, -0.05) is 23.7 Å². The molecule has 1 aliphatic rings. The third kappa shape index (κ3) is 7.32. The number of alkyl halides is 3. The number of carbonyl (C=O) groups is 1. The van der Waals surface area contributed by atoms with E-state index < -0.39 is 21.8 Å². The van der Waals surface area contributed by atoms with Gasteiger partial charge < -0.3 is 5.32 Å². The van der Waals surface area contributed by atoms with Crippen LogP contribution in [0, 0.1) is 0 Å². The number of rotatable bonds is 9. The van der Waals surface area contributed by atoms with Gasteiger partial charge in [0.25, 0.3) is 5.91 Å². The zero-order valence-corrected chi connectivity index (χ0v) is 22.0. The van der Waals surface area contributed by atoms with Crippen LogP contribution in [0.2, 0.25) is 5.02 Å². The molecule has 2 N–H and O–H groups in total. The second kappa shape index (κ2) is 11.5. The molecule has 198 valence electrons. The molecule has 3 aromatic rings. The van der Waals surface area contributed by atoms with Crippen LogP contribution in [0.1, 0.15) is 39.2 Å². The smallest absolute Gasteiger partial charge is 0.347 e. The number of benzene rings is 2. The molecule has 1 aliphatic heterocycles. The van der Waals surface area contributed by atoms with Gasteiger partial charge >= 0.3 is 6.18 Å². The van der Waals surface area contributed by atoms with Crippen molar-refractivity contribution in [2.75, 3.05) is 13.1 Å². The Bertz CT molecular complexity index is 1330. The largest absolute Gasteiger partial charge is 0.416 e. The Morgan fingerprint density at radius 2 is 1.76 bits per heavy atom. The van der Waals surface area contributed by atoms with E-state index >= 15 is 0 Å². The van der Waals surface area contributed by atoms with Gasteiger partial charge in [-0.05, 0) is 73.5 Å². The summed E-state index contributed by atoms with van der Waals surface area (Å²) in [7, 11) is -3.75. The third-order valence-corrected chi connectivity index (χ3v) is 9.36. The Kier molecular flexibility index (Phi) is 8.59. The number of thiophene rings is 1. The summed E-state index contributed by atoms with van der Waals surface area (Å²) in [5.74, 6) is -0.290. The lowest BCUT2D eigenvalue weighted by Gasteiger charge is -2.24. The first-order chi connectivity index (χ1) is 17.5. The first kappa shape index (κ1) is 27.6. The van der Waals surface area contributed by atoms with Gasteiger partial charge in [-0.15, -0.1) is 11.3 Å². The highest BCUT2D eigenvalue weighted by Crippen LogP contribution is 2.30. The lowest BCUT2D eigenvalue weighted by molar-refractivity contribution is -0.137. The molecule has 1 saturated heterocycles. The van der Waals surface area contributed by atoms with E-state index in [-0.39, 0.29) is 29.2 Å². The predicted octanol–water partition coefficient (Wildman–Crippen LogP) is 5.29. The van der Waals surface area contributed by atoms with Crippen LogP contribution in [-0.4, -0.2) is 38.4 Å². The quantitative estimate of drug-likeness (QED) is 0.366.